The molecule has 0 N–H and O–H groups in total. The maximum atomic E-state index is 13.3. The van der Waals surface area contributed by atoms with E-state index >= 15 is 0 Å². The zero-order valence-corrected chi connectivity index (χ0v) is 14.9. The first-order valence-corrected chi connectivity index (χ1v) is 9.33. The predicted molar refractivity (Wildman–Crippen MR) is 99.9 cm³/mol. The van der Waals surface area contributed by atoms with E-state index in [0.717, 1.165) is 61.1 Å². The van der Waals surface area contributed by atoms with Crippen molar-refractivity contribution in [1.29, 1.82) is 0 Å². The van der Waals surface area contributed by atoms with Gasteiger partial charge in [-0.2, -0.15) is 0 Å². The Morgan fingerprint density at radius 3 is 2.81 bits per heavy atom. The van der Waals surface area contributed by atoms with Crippen LogP contribution in [-0.2, 0) is 6.54 Å². The number of hydrogen-bond donors (Lipinski definition) is 0. The summed E-state index contributed by atoms with van der Waals surface area (Å²) in [5.74, 6) is 0.0702. The lowest BCUT2D eigenvalue weighted by Gasteiger charge is -2.31. The van der Waals surface area contributed by atoms with E-state index in [1.54, 1.807) is 6.07 Å². The average molecular weight is 365 g/mol. The van der Waals surface area contributed by atoms with Crippen molar-refractivity contribution in [3.05, 3.63) is 54.0 Å². The number of fused-ring (bicyclic) bond motifs is 2. The molecule has 5 rings (SSSR count). The summed E-state index contributed by atoms with van der Waals surface area (Å²) in [5.41, 5.74) is 3.51. The molecule has 0 unspecified atom stereocenters. The van der Waals surface area contributed by atoms with Crippen LogP contribution >= 0.6 is 0 Å². The molecule has 4 aromatic rings. The Morgan fingerprint density at radius 2 is 1.93 bits per heavy atom. The summed E-state index contributed by atoms with van der Waals surface area (Å²) < 4.78 is 20.6. The fourth-order valence-electron chi connectivity index (χ4n) is 3.97. The third-order valence-corrected chi connectivity index (χ3v) is 5.48. The van der Waals surface area contributed by atoms with Crippen LogP contribution in [-0.4, -0.2) is 44.7 Å². The zero-order chi connectivity index (χ0) is 18.2. The number of benzene rings is 2. The highest BCUT2D eigenvalue weighted by Crippen LogP contribution is 2.32. The second-order valence-electron chi connectivity index (χ2n) is 7.13. The number of hydrogen-bond acceptors (Lipinski definition) is 5. The molecule has 0 amide bonds. The van der Waals surface area contributed by atoms with Crippen LogP contribution in [0.1, 0.15) is 24.5 Å². The van der Waals surface area contributed by atoms with E-state index in [2.05, 4.69) is 26.4 Å². The minimum Gasteiger partial charge on any atom is -0.356 e. The lowest BCUT2D eigenvalue weighted by Crippen LogP contribution is -2.35. The Labute approximate surface area is 155 Å². The molecule has 0 bridgehead atoms. The smallest absolute Gasteiger partial charge is 0.170 e. The van der Waals surface area contributed by atoms with Gasteiger partial charge in [0.05, 0.1) is 17.8 Å². The quantitative estimate of drug-likeness (QED) is 0.553. The summed E-state index contributed by atoms with van der Waals surface area (Å²) in [6.07, 6.45) is 2.05. The highest BCUT2D eigenvalue weighted by atomic mass is 19.1. The van der Waals surface area contributed by atoms with Crippen molar-refractivity contribution in [2.45, 2.75) is 25.3 Å². The number of nitrogens with zero attached hydrogens (tertiary/aromatic N) is 5. The Morgan fingerprint density at radius 1 is 1.07 bits per heavy atom. The molecular formula is C20H20FN5O. The maximum Gasteiger partial charge on any atom is 0.170 e. The number of aromatic nitrogens is 4. The Bertz CT molecular complexity index is 1080. The van der Waals surface area contributed by atoms with Gasteiger partial charge in [0, 0.05) is 23.9 Å². The van der Waals surface area contributed by atoms with Crippen LogP contribution in [0.5, 0.6) is 0 Å². The van der Waals surface area contributed by atoms with Gasteiger partial charge < -0.3 is 9.42 Å². The Hall–Kier alpha value is -2.80. The number of halogens is 1. The zero-order valence-electron chi connectivity index (χ0n) is 14.9. The van der Waals surface area contributed by atoms with Crippen molar-refractivity contribution in [1.82, 2.24) is 25.1 Å². The lowest BCUT2D eigenvalue weighted by atomic mass is 9.91. The first-order chi connectivity index (χ1) is 13.3. The summed E-state index contributed by atoms with van der Waals surface area (Å²) in [6.45, 7) is 3.79. The van der Waals surface area contributed by atoms with E-state index in [0.29, 0.717) is 11.5 Å². The number of piperidine rings is 1. The van der Waals surface area contributed by atoms with E-state index in [4.69, 9.17) is 4.52 Å². The number of para-hydroxylation sites is 1. The lowest BCUT2D eigenvalue weighted by molar-refractivity contribution is 0.200. The normalized spacial score (nSPS) is 16.5. The third-order valence-electron chi connectivity index (χ3n) is 5.48. The molecule has 1 aliphatic rings. The summed E-state index contributed by atoms with van der Waals surface area (Å²) in [5, 5.41) is 13.6. The first kappa shape index (κ1) is 16.4. The third kappa shape index (κ3) is 3.08. The van der Waals surface area contributed by atoms with E-state index in [-0.39, 0.29) is 5.82 Å². The fraction of sp³-hybridized carbons (Fsp3) is 0.350. The van der Waals surface area contributed by atoms with Crippen molar-refractivity contribution >= 4 is 22.0 Å². The van der Waals surface area contributed by atoms with Gasteiger partial charge in [-0.15, -0.1) is 5.10 Å². The van der Waals surface area contributed by atoms with Crippen LogP contribution in [0.3, 0.4) is 0 Å². The molecule has 2 aromatic heterocycles. The molecular weight excluding hydrogens is 345 g/mol. The molecule has 0 saturated carbocycles. The highest BCUT2D eigenvalue weighted by molar-refractivity contribution is 5.80. The van der Waals surface area contributed by atoms with Gasteiger partial charge in [0.25, 0.3) is 0 Å². The van der Waals surface area contributed by atoms with Crippen molar-refractivity contribution in [3.63, 3.8) is 0 Å². The van der Waals surface area contributed by atoms with Gasteiger partial charge in [-0.25, -0.2) is 9.07 Å². The molecule has 1 aliphatic heterocycles. The van der Waals surface area contributed by atoms with Crippen molar-refractivity contribution in [3.8, 4) is 0 Å². The summed E-state index contributed by atoms with van der Waals surface area (Å²) in [6, 6.07) is 12.7. The van der Waals surface area contributed by atoms with Gasteiger partial charge in [-0.05, 0) is 50.2 Å². The van der Waals surface area contributed by atoms with Gasteiger partial charge >= 0.3 is 0 Å². The molecule has 0 radical (unpaired) electrons. The molecule has 27 heavy (non-hydrogen) atoms. The first-order valence-electron chi connectivity index (χ1n) is 9.33. The van der Waals surface area contributed by atoms with E-state index in [9.17, 15) is 4.39 Å². The van der Waals surface area contributed by atoms with Crippen LogP contribution in [0.15, 0.2) is 47.0 Å². The molecule has 7 heteroatoms. The van der Waals surface area contributed by atoms with Crippen molar-refractivity contribution in [2.75, 3.05) is 19.6 Å². The second kappa shape index (κ2) is 6.74. The van der Waals surface area contributed by atoms with E-state index in [1.165, 1.54) is 12.1 Å². The topological polar surface area (TPSA) is 60.0 Å². The monoisotopic (exact) mass is 365 g/mol. The van der Waals surface area contributed by atoms with Gasteiger partial charge in [0.15, 0.2) is 5.58 Å². The average Bonchev–Trinajstić information content (AvgIpc) is 3.30. The SMILES string of the molecule is Fc1ccc2c(C3CCN(CCn4nnc5ccccc54)CC3)noc2c1. The molecule has 1 fully saturated rings. The number of rotatable bonds is 4. The van der Waals surface area contributed by atoms with Crippen LogP contribution in [0.2, 0.25) is 0 Å². The standard InChI is InChI=1S/C20H20FN5O/c21-15-5-6-16-19(13-15)27-23-20(16)14-7-9-25(10-8-14)11-12-26-18-4-2-1-3-17(18)22-24-26/h1-6,13-14H,7-12H2. The molecule has 3 heterocycles. The van der Waals surface area contributed by atoms with Crippen LogP contribution in [0, 0.1) is 5.82 Å². The van der Waals surface area contributed by atoms with Crippen molar-refractivity contribution in [2.24, 2.45) is 0 Å². The maximum absolute atomic E-state index is 13.3. The largest absolute Gasteiger partial charge is 0.356 e. The summed E-state index contributed by atoms with van der Waals surface area (Å²) >= 11 is 0. The highest BCUT2D eigenvalue weighted by Gasteiger charge is 2.25. The van der Waals surface area contributed by atoms with Crippen LogP contribution < -0.4 is 0 Å². The molecule has 1 saturated heterocycles. The van der Waals surface area contributed by atoms with Crippen molar-refractivity contribution < 1.29 is 8.91 Å². The minimum absolute atomic E-state index is 0.291. The van der Waals surface area contributed by atoms with Gasteiger partial charge in [0.2, 0.25) is 0 Å². The Kier molecular flexibility index (Phi) is 4.09. The summed E-state index contributed by atoms with van der Waals surface area (Å²) in [7, 11) is 0. The van der Waals surface area contributed by atoms with E-state index in [1.807, 2.05) is 22.9 Å². The predicted octanol–water partition coefficient (Wildman–Crippen LogP) is 3.59. The molecule has 6 nitrogen and oxygen atoms in total. The van der Waals surface area contributed by atoms with Gasteiger partial charge in [-0.1, -0.05) is 22.5 Å². The van der Waals surface area contributed by atoms with Gasteiger partial charge in [-0.3, -0.25) is 0 Å². The Balaban J connectivity index is 1.22. The van der Waals surface area contributed by atoms with E-state index < -0.39 is 0 Å². The van der Waals surface area contributed by atoms with Crippen LogP contribution in [0.4, 0.5) is 4.39 Å². The number of likely N-dealkylation sites (tertiary alicyclic amines) is 1. The fourth-order valence-corrected chi connectivity index (χ4v) is 3.97. The molecule has 2 aromatic carbocycles. The molecule has 0 aliphatic carbocycles. The minimum atomic E-state index is -0.291. The molecule has 138 valence electrons. The molecule has 0 atom stereocenters. The summed E-state index contributed by atoms with van der Waals surface area (Å²) in [4.78, 5) is 2.45. The second-order valence-corrected chi connectivity index (χ2v) is 7.13. The molecule has 0 spiro atoms. The van der Waals surface area contributed by atoms with Crippen LogP contribution in [0.25, 0.3) is 22.0 Å². The van der Waals surface area contributed by atoms with Gasteiger partial charge in [0.1, 0.15) is 11.3 Å².